The molecule has 0 aromatic carbocycles. The van der Waals surface area contributed by atoms with Gasteiger partial charge >= 0.3 is 0 Å². The van der Waals surface area contributed by atoms with E-state index in [4.69, 9.17) is 4.98 Å². The number of nitrogens with zero attached hydrogens (tertiary/aromatic N) is 2. The van der Waals surface area contributed by atoms with Gasteiger partial charge in [0.2, 0.25) is 0 Å². The maximum atomic E-state index is 4.69. The molecule has 1 aromatic rings. The lowest BCUT2D eigenvalue weighted by Crippen LogP contribution is -2.27. The first-order valence-electron chi connectivity index (χ1n) is 8.18. The van der Waals surface area contributed by atoms with Gasteiger partial charge < -0.3 is 10.2 Å². The minimum atomic E-state index is 0.388. The highest BCUT2D eigenvalue weighted by molar-refractivity contribution is 5.40. The SMILES string of the molecule is CCCNC(C)c1ccc(N(CCC)CC2CC2)nc1. The van der Waals surface area contributed by atoms with Crippen molar-refractivity contribution >= 4 is 5.82 Å². The molecule has 3 heteroatoms. The summed E-state index contributed by atoms with van der Waals surface area (Å²) in [5.74, 6) is 2.05. The quantitative estimate of drug-likeness (QED) is 0.743. The Morgan fingerprint density at radius 3 is 2.65 bits per heavy atom. The van der Waals surface area contributed by atoms with Crippen LogP contribution in [0.25, 0.3) is 0 Å². The first-order valence-corrected chi connectivity index (χ1v) is 8.18. The summed E-state index contributed by atoms with van der Waals surface area (Å²) >= 11 is 0. The molecule has 1 atom stereocenters. The summed E-state index contributed by atoms with van der Waals surface area (Å²) in [6, 6.07) is 4.81. The highest BCUT2D eigenvalue weighted by Gasteiger charge is 2.24. The van der Waals surface area contributed by atoms with E-state index in [0.29, 0.717) is 6.04 Å². The summed E-state index contributed by atoms with van der Waals surface area (Å²) in [5, 5.41) is 3.51. The van der Waals surface area contributed by atoms with Crippen molar-refractivity contribution in [2.75, 3.05) is 24.5 Å². The molecule has 20 heavy (non-hydrogen) atoms. The third-order valence-corrected chi connectivity index (χ3v) is 3.96. The fraction of sp³-hybridized carbons (Fsp3) is 0.706. The Morgan fingerprint density at radius 2 is 2.10 bits per heavy atom. The molecule has 3 nitrogen and oxygen atoms in total. The molecule has 1 saturated carbocycles. The minimum absolute atomic E-state index is 0.388. The van der Waals surface area contributed by atoms with Crippen LogP contribution in [0.2, 0.25) is 0 Å². The molecular formula is C17H29N3. The lowest BCUT2D eigenvalue weighted by molar-refractivity contribution is 0.569. The number of hydrogen-bond acceptors (Lipinski definition) is 3. The van der Waals surface area contributed by atoms with Crippen LogP contribution >= 0.6 is 0 Å². The molecule has 1 unspecified atom stereocenters. The third kappa shape index (κ3) is 4.48. The molecule has 2 rings (SSSR count). The largest absolute Gasteiger partial charge is 0.356 e. The van der Waals surface area contributed by atoms with Crippen LogP contribution in [0.15, 0.2) is 18.3 Å². The average Bonchev–Trinajstić information content (AvgIpc) is 3.28. The lowest BCUT2D eigenvalue weighted by Gasteiger charge is -2.23. The van der Waals surface area contributed by atoms with Gasteiger partial charge in [0, 0.05) is 25.3 Å². The first kappa shape index (κ1) is 15.3. The molecule has 1 heterocycles. The van der Waals surface area contributed by atoms with E-state index in [1.165, 1.54) is 37.8 Å². The van der Waals surface area contributed by atoms with E-state index in [9.17, 15) is 0 Å². The molecule has 0 radical (unpaired) electrons. The molecule has 1 aliphatic carbocycles. The van der Waals surface area contributed by atoms with Gasteiger partial charge in [0.1, 0.15) is 5.82 Å². The Bertz CT molecular complexity index is 384. The van der Waals surface area contributed by atoms with E-state index >= 15 is 0 Å². The second-order valence-electron chi connectivity index (χ2n) is 6.01. The minimum Gasteiger partial charge on any atom is -0.356 e. The molecule has 0 spiro atoms. The molecule has 1 N–H and O–H groups in total. The summed E-state index contributed by atoms with van der Waals surface area (Å²) in [4.78, 5) is 7.14. The second kappa shape index (κ2) is 7.63. The van der Waals surface area contributed by atoms with Gasteiger partial charge in [0.15, 0.2) is 0 Å². The molecule has 1 aromatic heterocycles. The predicted molar refractivity (Wildman–Crippen MR) is 86.2 cm³/mol. The molecule has 0 bridgehead atoms. The molecule has 0 saturated heterocycles. The maximum absolute atomic E-state index is 4.69. The van der Waals surface area contributed by atoms with Crippen LogP contribution in [-0.2, 0) is 0 Å². The van der Waals surface area contributed by atoms with Gasteiger partial charge in [-0.3, -0.25) is 0 Å². The molecule has 0 amide bonds. The lowest BCUT2D eigenvalue weighted by atomic mass is 10.1. The predicted octanol–water partition coefficient (Wildman–Crippen LogP) is 3.77. The number of pyridine rings is 1. The van der Waals surface area contributed by atoms with E-state index in [1.54, 1.807) is 0 Å². The topological polar surface area (TPSA) is 28.2 Å². The third-order valence-electron chi connectivity index (χ3n) is 3.96. The van der Waals surface area contributed by atoms with Crippen molar-refractivity contribution in [3.8, 4) is 0 Å². The first-order chi connectivity index (χ1) is 9.74. The monoisotopic (exact) mass is 275 g/mol. The van der Waals surface area contributed by atoms with Crippen molar-refractivity contribution < 1.29 is 0 Å². The van der Waals surface area contributed by atoms with Gasteiger partial charge in [-0.15, -0.1) is 0 Å². The summed E-state index contributed by atoms with van der Waals surface area (Å²) in [6.45, 7) is 10.0. The van der Waals surface area contributed by atoms with Gasteiger partial charge in [-0.05, 0) is 56.7 Å². The highest BCUT2D eigenvalue weighted by Crippen LogP contribution is 2.31. The second-order valence-corrected chi connectivity index (χ2v) is 6.01. The van der Waals surface area contributed by atoms with Crippen molar-refractivity contribution in [1.82, 2.24) is 10.3 Å². The maximum Gasteiger partial charge on any atom is 0.128 e. The van der Waals surface area contributed by atoms with Crippen LogP contribution in [-0.4, -0.2) is 24.6 Å². The van der Waals surface area contributed by atoms with E-state index < -0.39 is 0 Å². The van der Waals surface area contributed by atoms with Crippen LogP contribution in [0.4, 0.5) is 5.82 Å². The van der Waals surface area contributed by atoms with Crippen LogP contribution in [0.5, 0.6) is 0 Å². The van der Waals surface area contributed by atoms with Crippen molar-refractivity contribution in [3.05, 3.63) is 23.9 Å². The Hall–Kier alpha value is -1.09. The fourth-order valence-corrected chi connectivity index (χ4v) is 2.50. The number of aromatic nitrogens is 1. The van der Waals surface area contributed by atoms with Crippen molar-refractivity contribution in [1.29, 1.82) is 0 Å². The van der Waals surface area contributed by atoms with Crippen LogP contribution in [0.3, 0.4) is 0 Å². The zero-order valence-electron chi connectivity index (χ0n) is 13.2. The number of rotatable bonds is 9. The van der Waals surface area contributed by atoms with Crippen LogP contribution in [0, 0.1) is 5.92 Å². The molecule has 112 valence electrons. The van der Waals surface area contributed by atoms with Gasteiger partial charge in [0.05, 0.1) is 0 Å². The summed E-state index contributed by atoms with van der Waals surface area (Å²) < 4.78 is 0. The van der Waals surface area contributed by atoms with Crippen LogP contribution in [0.1, 0.15) is 58.1 Å². The van der Waals surface area contributed by atoms with Gasteiger partial charge in [-0.1, -0.05) is 19.9 Å². The zero-order valence-corrected chi connectivity index (χ0v) is 13.2. The van der Waals surface area contributed by atoms with Crippen LogP contribution < -0.4 is 10.2 Å². The van der Waals surface area contributed by atoms with E-state index in [2.05, 4.69) is 43.1 Å². The Balaban J connectivity index is 1.97. The van der Waals surface area contributed by atoms with Crippen molar-refractivity contribution in [2.24, 2.45) is 5.92 Å². The number of anilines is 1. The normalized spacial score (nSPS) is 16.1. The number of nitrogens with one attached hydrogen (secondary N) is 1. The van der Waals surface area contributed by atoms with E-state index in [-0.39, 0.29) is 0 Å². The van der Waals surface area contributed by atoms with Gasteiger partial charge in [-0.2, -0.15) is 0 Å². The fourth-order valence-electron chi connectivity index (χ4n) is 2.50. The molecular weight excluding hydrogens is 246 g/mol. The Morgan fingerprint density at radius 1 is 1.30 bits per heavy atom. The smallest absolute Gasteiger partial charge is 0.128 e. The standard InChI is InChI=1S/C17H29N3/c1-4-10-18-14(3)16-8-9-17(19-12-16)20(11-5-2)13-15-6-7-15/h8-9,12,14-15,18H,4-7,10-11,13H2,1-3H3. The Labute approximate surface area is 123 Å². The summed E-state index contributed by atoms with van der Waals surface area (Å²) in [7, 11) is 0. The Kier molecular flexibility index (Phi) is 5.84. The molecule has 1 fully saturated rings. The average molecular weight is 275 g/mol. The summed E-state index contributed by atoms with van der Waals surface area (Å²) in [6.07, 6.45) is 7.19. The van der Waals surface area contributed by atoms with Crippen molar-refractivity contribution in [2.45, 2.75) is 52.5 Å². The van der Waals surface area contributed by atoms with Gasteiger partial charge in [0.25, 0.3) is 0 Å². The van der Waals surface area contributed by atoms with Crippen molar-refractivity contribution in [3.63, 3.8) is 0 Å². The number of hydrogen-bond donors (Lipinski definition) is 1. The highest BCUT2D eigenvalue weighted by atomic mass is 15.2. The summed E-state index contributed by atoms with van der Waals surface area (Å²) in [5.41, 5.74) is 1.28. The van der Waals surface area contributed by atoms with E-state index in [1.807, 2.05) is 6.20 Å². The van der Waals surface area contributed by atoms with E-state index in [0.717, 1.165) is 24.8 Å². The molecule has 0 aliphatic heterocycles. The van der Waals surface area contributed by atoms with Gasteiger partial charge in [-0.25, -0.2) is 4.98 Å². The molecule has 1 aliphatic rings. The zero-order chi connectivity index (χ0) is 14.4.